The van der Waals surface area contributed by atoms with Crippen molar-refractivity contribution in [2.75, 3.05) is 7.11 Å². The van der Waals surface area contributed by atoms with Gasteiger partial charge in [0.2, 0.25) is 5.91 Å². The number of aliphatic hydroxyl groups excluding tert-OH is 2. The van der Waals surface area contributed by atoms with Crippen molar-refractivity contribution in [1.82, 2.24) is 10.6 Å². The van der Waals surface area contributed by atoms with E-state index in [0.29, 0.717) is 0 Å². The van der Waals surface area contributed by atoms with Crippen molar-refractivity contribution < 1.29 is 34.1 Å². The summed E-state index contributed by atoms with van der Waals surface area (Å²) < 4.78 is 9.60. The number of rotatable bonds is 7. The molecule has 0 bridgehead atoms. The van der Waals surface area contributed by atoms with Crippen LogP contribution in [0.1, 0.15) is 41.5 Å². The number of alkyl carbamates (subject to hydrolysis) is 1. The van der Waals surface area contributed by atoms with Crippen molar-refractivity contribution >= 4 is 18.0 Å². The smallest absolute Gasteiger partial charge is 0.407 e. The van der Waals surface area contributed by atoms with Crippen LogP contribution in [0.25, 0.3) is 0 Å². The first-order valence-electron chi connectivity index (χ1n) is 8.04. The van der Waals surface area contributed by atoms with Crippen LogP contribution in [0.5, 0.6) is 0 Å². The molecule has 0 radical (unpaired) electrons. The number of methoxy groups -OCH3 is 1. The number of nitrogens with one attached hydrogen (secondary N) is 2. The van der Waals surface area contributed by atoms with E-state index in [-0.39, 0.29) is 0 Å². The molecule has 25 heavy (non-hydrogen) atoms. The number of aliphatic hydroxyl groups is 2. The lowest BCUT2D eigenvalue weighted by Gasteiger charge is -2.28. The molecule has 0 aliphatic heterocycles. The maximum atomic E-state index is 12.2. The average molecular weight is 362 g/mol. The van der Waals surface area contributed by atoms with E-state index in [2.05, 4.69) is 15.4 Å². The molecular weight excluding hydrogens is 332 g/mol. The van der Waals surface area contributed by atoms with Gasteiger partial charge in [-0.3, -0.25) is 4.79 Å². The Morgan fingerprint density at radius 2 is 1.52 bits per heavy atom. The van der Waals surface area contributed by atoms with Crippen LogP contribution in [0.4, 0.5) is 4.79 Å². The predicted molar refractivity (Wildman–Crippen MR) is 89.6 cm³/mol. The highest BCUT2D eigenvalue weighted by atomic mass is 16.6. The van der Waals surface area contributed by atoms with E-state index in [4.69, 9.17) is 4.74 Å². The van der Waals surface area contributed by atoms with E-state index in [9.17, 15) is 24.6 Å². The maximum absolute atomic E-state index is 12.2. The molecule has 2 amide bonds. The molecule has 4 N–H and O–H groups in total. The van der Waals surface area contributed by atoms with E-state index < -0.39 is 53.8 Å². The van der Waals surface area contributed by atoms with Crippen molar-refractivity contribution in [2.24, 2.45) is 5.92 Å². The van der Waals surface area contributed by atoms with Crippen LogP contribution < -0.4 is 10.6 Å². The Kier molecular flexibility index (Phi) is 8.86. The van der Waals surface area contributed by atoms with Gasteiger partial charge >= 0.3 is 12.1 Å². The van der Waals surface area contributed by atoms with Crippen molar-refractivity contribution in [3.63, 3.8) is 0 Å². The molecule has 0 heterocycles. The van der Waals surface area contributed by atoms with Gasteiger partial charge in [-0.1, -0.05) is 6.92 Å². The van der Waals surface area contributed by atoms with Crippen LogP contribution in [0.2, 0.25) is 0 Å². The third kappa shape index (κ3) is 8.17. The third-order valence-electron chi connectivity index (χ3n) is 3.42. The molecule has 0 spiro atoms. The molecule has 0 aromatic heterocycles. The lowest BCUT2D eigenvalue weighted by molar-refractivity contribution is -0.149. The summed E-state index contributed by atoms with van der Waals surface area (Å²) in [7, 11) is 1.13. The fourth-order valence-electron chi connectivity index (χ4n) is 1.96. The summed E-state index contributed by atoms with van der Waals surface area (Å²) >= 11 is 0. The fourth-order valence-corrected chi connectivity index (χ4v) is 1.96. The highest BCUT2D eigenvalue weighted by Crippen LogP contribution is 2.11. The van der Waals surface area contributed by atoms with Gasteiger partial charge in [-0.05, 0) is 34.6 Å². The first-order chi connectivity index (χ1) is 11.3. The second kappa shape index (κ2) is 9.57. The number of hydrogen-bond acceptors (Lipinski definition) is 7. The van der Waals surface area contributed by atoms with Crippen molar-refractivity contribution in [3.8, 4) is 0 Å². The van der Waals surface area contributed by atoms with E-state index in [1.165, 1.54) is 20.8 Å². The van der Waals surface area contributed by atoms with Crippen LogP contribution in [0.15, 0.2) is 0 Å². The highest BCUT2D eigenvalue weighted by molar-refractivity contribution is 5.86. The topological polar surface area (TPSA) is 134 Å². The second-order valence-electron chi connectivity index (χ2n) is 6.96. The minimum atomic E-state index is -1.25. The summed E-state index contributed by atoms with van der Waals surface area (Å²) in [5.74, 6) is -2.43. The van der Waals surface area contributed by atoms with Gasteiger partial charge in [0.1, 0.15) is 5.60 Å². The zero-order valence-electron chi connectivity index (χ0n) is 15.8. The molecule has 0 aromatic carbocycles. The van der Waals surface area contributed by atoms with E-state index >= 15 is 0 Å². The summed E-state index contributed by atoms with van der Waals surface area (Å²) in [6.07, 6.45) is -3.12. The molecule has 0 aliphatic rings. The van der Waals surface area contributed by atoms with Gasteiger partial charge in [0.05, 0.1) is 31.3 Å². The predicted octanol–water partition coefficient (Wildman–Crippen LogP) is -0.0648. The second-order valence-corrected chi connectivity index (χ2v) is 6.96. The summed E-state index contributed by atoms with van der Waals surface area (Å²) in [5.41, 5.74) is -0.692. The summed E-state index contributed by atoms with van der Waals surface area (Å²) in [5, 5.41) is 24.6. The van der Waals surface area contributed by atoms with Gasteiger partial charge in [0.25, 0.3) is 0 Å². The van der Waals surface area contributed by atoms with Gasteiger partial charge in [-0.15, -0.1) is 0 Å². The molecular formula is C16H30N2O7. The van der Waals surface area contributed by atoms with E-state index in [0.717, 1.165) is 7.11 Å². The lowest BCUT2D eigenvalue weighted by atomic mass is 9.97. The summed E-state index contributed by atoms with van der Waals surface area (Å²) in [6, 6.07) is -2.03. The Morgan fingerprint density at radius 1 is 1.00 bits per heavy atom. The highest BCUT2D eigenvalue weighted by Gasteiger charge is 2.33. The molecule has 0 saturated heterocycles. The Bertz CT molecular complexity index is 474. The van der Waals surface area contributed by atoms with E-state index in [1.807, 2.05) is 0 Å². The fraction of sp³-hybridized carbons (Fsp3) is 0.812. The average Bonchev–Trinajstić information content (AvgIpc) is 2.47. The normalized spacial score (nSPS) is 17.5. The van der Waals surface area contributed by atoms with E-state index in [1.54, 1.807) is 20.8 Å². The summed E-state index contributed by atoms with van der Waals surface area (Å²) in [6.45, 7) is 9.39. The lowest BCUT2D eigenvalue weighted by Crippen LogP contribution is -2.54. The van der Waals surface area contributed by atoms with Gasteiger partial charge in [-0.2, -0.15) is 0 Å². The molecule has 0 unspecified atom stereocenters. The number of amides is 2. The molecule has 146 valence electrons. The minimum Gasteiger partial charge on any atom is -0.467 e. The zero-order chi connectivity index (χ0) is 19.9. The number of ether oxygens (including phenoxy) is 2. The molecule has 0 aromatic rings. The molecule has 9 heteroatoms. The Labute approximate surface area is 148 Å². The minimum absolute atomic E-state index is 0.665. The quantitative estimate of drug-likeness (QED) is 0.466. The first kappa shape index (κ1) is 23.1. The van der Waals surface area contributed by atoms with Crippen LogP contribution in [-0.4, -0.2) is 65.2 Å². The van der Waals surface area contributed by atoms with Crippen LogP contribution in [0, 0.1) is 5.92 Å². The maximum Gasteiger partial charge on any atom is 0.407 e. The monoisotopic (exact) mass is 362 g/mol. The third-order valence-corrected chi connectivity index (χ3v) is 3.42. The standard InChI is InChI=1S/C16H30N2O7/c1-8(13(21)18-11(10(3)19)14(22)24-7)12(20)9(2)17-15(23)25-16(4,5)6/h8-12,19-20H,1-7H3,(H,17,23)(H,18,21)/t8-,9+,10+,11-,12-/m0/s1. The number of hydrogen-bond donors (Lipinski definition) is 4. The van der Waals surface area contributed by atoms with Gasteiger partial charge in [0.15, 0.2) is 6.04 Å². The first-order valence-corrected chi connectivity index (χ1v) is 8.04. The zero-order valence-corrected chi connectivity index (χ0v) is 15.8. The Balaban J connectivity index is 4.79. The molecule has 5 atom stereocenters. The van der Waals surface area contributed by atoms with Crippen molar-refractivity contribution in [1.29, 1.82) is 0 Å². The molecule has 0 aliphatic carbocycles. The van der Waals surface area contributed by atoms with Crippen LogP contribution in [-0.2, 0) is 19.1 Å². The summed E-state index contributed by atoms with van der Waals surface area (Å²) in [4.78, 5) is 35.5. The Hall–Kier alpha value is -1.87. The molecule has 0 fully saturated rings. The Morgan fingerprint density at radius 3 is 1.92 bits per heavy atom. The van der Waals surface area contributed by atoms with Gasteiger partial charge < -0.3 is 30.3 Å². The number of carbonyl (C=O) groups excluding carboxylic acids is 3. The molecule has 0 rings (SSSR count). The molecule has 9 nitrogen and oxygen atoms in total. The number of carbonyl (C=O) groups is 3. The number of esters is 1. The van der Waals surface area contributed by atoms with Gasteiger partial charge in [-0.25, -0.2) is 9.59 Å². The molecule has 0 saturated carbocycles. The van der Waals surface area contributed by atoms with Crippen LogP contribution >= 0.6 is 0 Å². The van der Waals surface area contributed by atoms with Crippen LogP contribution in [0.3, 0.4) is 0 Å². The van der Waals surface area contributed by atoms with Gasteiger partial charge in [0, 0.05) is 0 Å². The van der Waals surface area contributed by atoms with Crippen molar-refractivity contribution in [3.05, 3.63) is 0 Å². The largest absolute Gasteiger partial charge is 0.467 e. The van der Waals surface area contributed by atoms with Crippen molar-refractivity contribution in [2.45, 2.75) is 71.4 Å². The SMILES string of the molecule is COC(=O)[C@@H](NC(=O)[C@@H](C)[C@H](O)[C@@H](C)NC(=O)OC(C)(C)C)[C@@H](C)O.